The smallest absolute Gasteiger partial charge is 0.0333 e. The zero-order valence-electron chi connectivity index (χ0n) is 13.4. The average molecular weight is 275 g/mol. The van der Waals surface area contributed by atoms with Crippen molar-refractivity contribution in [3.8, 4) is 0 Å². The van der Waals surface area contributed by atoms with E-state index < -0.39 is 0 Å². The van der Waals surface area contributed by atoms with Crippen LogP contribution < -0.4 is 5.32 Å². The lowest BCUT2D eigenvalue weighted by atomic mass is 9.95. The van der Waals surface area contributed by atoms with Crippen molar-refractivity contribution in [2.45, 2.75) is 31.8 Å². The van der Waals surface area contributed by atoms with Crippen LogP contribution in [0.25, 0.3) is 0 Å². The second-order valence-electron chi connectivity index (χ2n) is 6.07. The van der Waals surface area contributed by atoms with Gasteiger partial charge in [-0.2, -0.15) is 0 Å². The number of hydrogen-bond acceptors (Lipinski definition) is 3. The maximum absolute atomic E-state index is 3.51. The van der Waals surface area contributed by atoms with E-state index in [2.05, 4.69) is 67.4 Å². The normalized spacial score (nSPS) is 22.9. The number of piperazine rings is 1. The van der Waals surface area contributed by atoms with E-state index in [1.54, 1.807) is 0 Å². The van der Waals surface area contributed by atoms with Crippen LogP contribution in [0.3, 0.4) is 0 Å². The molecule has 0 saturated carbocycles. The summed E-state index contributed by atoms with van der Waals surface area (Å²) in [6.07, 6.45) is 2.28. The lowest BCUT2D eigenvalue weighted by Crippen LogP contribution is -2.50. The van der Waals surface area contributed by atoms with Gasteiger partial charge < -0.3 is 15.1 Å². The summed E-state index contributed by atoms with van der Waals surface area (Å²) in [6, 6.07) is 10.1. The molecule has 0 radical (unpaired) electrons. The zero-order chi connectivity index (χ0) is 14.5. The number of aryl methyl sites for hydroxylation is 1. The Morgan fingerprint density at radius 3 is 2.80 bits per heavy atom. The second-order valence-corrected chi connectivity index (χ2v) is 6.07. The fourth-order valence-corrected chi connectivity index (χ4v) is 3.08. The molecule has 0 aromatic heterocycles. The summed E-state index contributed by atoms with van der Waals surface area (Å²) in [7, 11) is 6.56. The third-order valence-corrected chi connectivity index (χ3v) is 4.60. The Morgan fingerprint density at radius 1 is 1.30 bits per heavy atom. The minimum absolute atomic E-state index is 0.445. The van der Waals surface area contributed by atoms with Gasteiger partial charge in [-0.15, -0.1) is 0 Å². The highest BCUT2D eigenvalue weighted by Gasteiger charge is 2.25. The van der Waals surface area contributed by atoms with Gasteiger partial charge in [-0.1, -0.05) is 31.2 Å². The molecule has 2 atom stereocenters. The minimum Gasteiger partial charge on any atom is -0.313 e. The molecular weight excluding hydrogens is 246 g/mol. The number of nitrogens with one attached hydrogen (secondary N) is 1. The molecule has 1 heterocycles. The van der Waals surface area contributed by atoms with Gasteiger partial charge >= 0.3 is 0 Å². The second kappa shape index (κ2) is 7.21. The van der Waals surface area contributed by atoms with Gasteiger partial charge in [-0.3, -0.25) is 0 Å². The Hall–Kier alpha value is -0.900. The zero-order valence-corrected chi connectivity index (χ0v) is 13.4. The predicted octanol–water partition coefficient (Wildman–Crippen LogP) is 2.15. The van der Waals surface area contributed by atoms with Gasteiger partial charge in [0.05, 0.1) is 0 Å². The van der Waals surface area contributed by atoms with E-state index in [0.717, 1.165) is 6.42 Å². The molecule has 0 bridgehead atoms. The highest BCUT2D eigenvalue weighted by atomic mass is 15.3. The van der Waals surface area contributed by atoms with Gasteiger partial charge in [-0.25, -0.2) is 0 Å². The molecule has 0 aliphatic carbocycles. The molecule has 2 unspecified atom stereocenters. The summed E-state index contributed by atoms with van der Waals surface area (Å²) < 4.78 is 0. The molecular formula is C17H29N3. The van der Waals surface area contributed by atoms with Gasteiger partial charge in [-0.05, 0) is 45.1 Å². The Balaban J connectivity index is 2.07. The van der Waals surface area contributed by atoms with E-state index >= 15 is 0 Å². The highest BCUT2D eigenvalue weighted by molar-refractivity contribution is 5.26. The molecule has 1 N–H and O–H groups in total. The van der Waals surface area contributed by atoms with E-state index in [9.17, 15) is 0 Å². The van der Waals surface area contributed by atoms with Crippen LogP contribution >= 0.6 is 0 Å². The van der Waals surface area contributed by atoms with Crippen LogP contribution in [0.4, 0.5) is 0 Å². The van der Waals surface area contributed by atoms with Crippen LogP contribution in [0, 0.1) is 0 Å². The molecule has 1 fully saturated rings. The molecule has 20 heavy (non-hydrogen) atoms. The van der Waals surface area contributed by atoms with Gasteiger partial charge in [0.25, 0.3) is 0 Å². The van der Waals surface area contributed by atoms with Gasteiger partial charge in [0.15, 0.2) is 0 Å². The van der Waals surface area contributed by atoms with Crippen molar-refractivity contribution in [1.82, 2.24) is 15.1 Å². The molecule has 0 amide bonds. The van der Waals surface area contributed by atoms with Crippen molar-refractivity contribution in [1.29, 1.82) is 0 Å². The summed E-state index contributed by atoms with van der Waals surface area (Å²) in [5.41, 5.74) is 2.85. The third-order valence-electron chi connectivity index (χ3n) is 4.60. The largest absolute Gasteiger partial charge is 0.313 e. The number of nitrogens with zero attached hydrogens (tertiary/aromatic N) is 2. The molecule has 0 spiro atoms. The lowest BCUT2D eigenvalue weighted by molar-refractivity contribution is 0.102. The molecule has 3 nitrogen and oxygen atoms in total. The topological polar surface area (TPSA) is 18.5 Å². The molecule has 3 heteroatoms. The molecule has 1 aliphatic heterocycles. The first kappa shape index (κ1) is 15.5. The van der Waals surface area contributed by atoms with Crippen molar-refractivity contribution in [2.75, 3.05) is 40.8 Å². The Labute approximate surface area is 124 Å². The molecule has 1 aliphatic rings. The van der Waals surface area contributed by atoms with Gasteiger partial charge in [0, 0.05) is 31.7 Å². The number of rotatable bonds is 5. The van der Waals surface area contributed by atoms with Crippen LogP contribution in [0.15, 0.2) is 24.3 Å². The van der Waals surface area contributed by atoms with Crippen molar-refractivity contribution in [3.05, 3.63) is 35.4 Å². The van der Waals surface area contributed by atoms with Crippen molar-refractivity contribution >= 4 is 0 Å². The maximum atomic E-state index is 3.51. The van der Waals surface area contributed by atoms with Crippen molar-refractivity contribution in [3.63, 3.8) is 0 Å². The third kappa shape index (κ3) is 3.81. The molecule has 112 valence electrons. The average Bonchev–Trinajstić information content (AvgIpc) is 2.48. The Kier molecular flexibility index (Phi) is 5.58. The Morgan fingerprint density at radius 2 is 2.10 bits per heavy atom. The maximum Gasteiger partial charge on any atom is 0.0333 e. The fourth-order valence-electron chi connectivity index (χ4n) is 3.08. The number of hydrogen-bond donors (Lipinski definition) is 1. The van der Waals surface area contributed by atoms with Crippen LogP contribution in [0.2, 0.25) is 0 Å². The summed E-state index contributed by atoms with van der Waals surface area (Å²) in [6.45, 7) is 5.74. The van der Waals surface area contributed by atoms with E-state index in [0.29, 0.717) is 12.1 Å². The Bertz CT molecular complexity index is 418. The summed E-state index contributed by atoms with van der Waals surface area (Å²) in [5.74, 6) is 0. The van der Waals surface area contributed by atoms with E-state index in [-0.39, 0.29) is 0 Å². The quantitative estimate of drug-likeness (QED) is 0.888. The van der Waals surface area contributed by atoms with Crippen molar-refractivity contribution in [2.24, 2.45) is 0 Å². The predicted molar refractivity (Wildman–Crippen MR) is 86.2 cm³/mol. The molecule has 1 aromatic rings. The van der Waals surface area contributed by atoms with Gasteiger partial charge in [0.2, 0.25) is 0 Å². The SMILES string of the molecule is CCc1cccc(C(CC2CN(C)CCN2C)NC)c1. The molecule has 1 aromatic carbocycles. The minimum atomic E-state index is 0.445. The lowest BCUT2D eigenvalue weighted by Gasteiger charge is -2.39. The number of likely N-dealkylation sites (N-methyl/N-ethyl adjacent to an activating group) is 2. The van der Waals surface area contributed by atoms with Gasteiger partial charge in [0.1, 0.15) is 0 Å². The first-order chi connectivity index (χ1) is 9.63. The van der Waals surface area contributed by atoms with Crippen molar-refractivity contribution < 1.29 is 0 Å². The summed E-state index contributed by atoms with van der Waals surface area (Å²) >= 11 is 0. The van der Waals surface area contributed by atoms with Crippen LogP contribution in [0.1, 0.15) is 30.5 Å². The summed E-state index contributed by atoms with van der Waals surface area (Å²) in [5, 5.41) is 3.51. The van der Waals surface area contributed by atoms with Crippen LogP contribution in [-0.2, 0) is 6.42 Å². The number of benzene rings is 1. The monoisotopic (exact) mass is 275 g/mol. The first-order valence-electron chi connectivity index (χ1n) is 7.79. The molecule has 2 rings (SSSR count). The standard InChI is InChI=1S/C17H29N3/c1-5-14-7-6-8-15(11-14)17(18-2)12-16-13-19(3)9-10-20(16)4/h6-8,11,16-18H,5,9-10,12-13H2,1-4H3. The summed E-state index contributed by atoms with van der Waals surface area (Å²) in [4.78, 5) is 4.95. The van der Waals surface area contributed by atoms with E-state index in [1.807, 2.05) is 0 Å². The first-order valence-corrected chi connectivity index (χ1v) is 7.79. The van der Waals surface area contributed by atoms with Crippen LogP contribution in [-0.4, -0.2) is 56.6 Å². The van der Waals surface area contributed by atoms with E-state index in [1.165, 1.54) is 37.2 Å². The van der Waals surface area contributed by atoms with E-state index in [4.69, 9.17) is 0 Å². The van der Waals surface area contributed by atoms with Crippen LogP contribution in [0.5, 0.6) is 0 Å². The molecule has 1 saturated heterocycles. The fraction of sp³-hybridized carbons (Fsp3) is 0.647. The highest BCUT2D eigenvalue weighted by Crippen LogP contribution is 2.23.